The third-order valence-corrected chi connectivity index (χ3v) is 4.33. The SMILES string of the molecule is CC1=CC(=O)C=CC1=NS(=O)(=O)c1ccc(Br)cc1. The highest BCUT2D eigenvalue weighted by molar-refractivity contribution is 9.10. The van der Waals surface area contributed by atoms with Crippen molar-refractivity contribution in [1.29, 1.82) is 0 Å². The molecule has 0 unspecified atom stereocenters. The van der Waals surface area contributed by atoms with Crippen molar-refractivity contribution in [3.63, 3.8) is 0 Å². The fourth-order valence-electron chi connectivity index (χ4n) is 1.52. The van der Waals surface area contributed by atoms with Crippen molar-refractivity contribution in [2.75, 3.05) is 0 Å². The van der Waals surface area contributed by atoms with Crippen molar-refractivity contribution >= 4 is 37.4 Å². The summed E-state index contributed by atoms with van der Waals surface area (Å²) in [6.07, 6.45) is 4.06. The van der Waals surface area contributed by atoms with Crippen LogP contribution in [0.5, 0.6) is 0 Å². The topological polar surface area (TPSA) is 63.6 Å². The number of nitrogens with zero attached hydrogens (tertiary/aromatic N) is 1. The lowest BCUT2D eigenvalue weighted by Crippen LogP contribution is -2.09. The summed E-state index contributed by atoms with van der Waals surface area (Å²) in [6, 6.07) is 6.21. The van der Waals surface area contributed by atoms with Crippen LogP contribution in [0.2, 0.25) is 0 Å². The van der Waals surface area contributed by atoms with Crippen molar-refractivity contribution < 1.29 is 13.2 Å². The molecule has 0 N–H and O–H groups in total. The maximum absolute atomic E-state index is 12.1. The van der Waals surface area contributed by atoms with Crippen LogP contribution in [0, 0.1) is 0 Å². The summed E-state index contributed by atoms with van der Waals surface area (Å²) in [5.74, 6) is -0.169. The fourth-order valence-corrected chi connectivity index (χ4v) is 2.83. The van der Waals surface area contributed by atoms with E-state index in [1.165, 1.54) is 30.4 Å². The summed E-state index contributed by atoms with van der Waals surface area (Å²) in [7, 11) is -3.76. The third kappa shape index (κ3) is 3.27. The molecule has 0 radical (unpaired) electrons. The summed E-state index contributed by atoms with van der Waals surface area (Å²) in [4.78, 5) is 11.2. The predicted molar refractivity (Wildman–Crippen MR) is 76.7 cm³/mol. The number of ketones is 1. The van der Waals surface area contributed by atoms with Gasteiger partial charge in [0.1, 0.15) is 0 Å². The summed E-state index contributed by atoms with van der Waals surface area (Å²) in [5, 5.41) is 0. The minimum absolute atomic E-state index is 0.112. The van der Waals surface area contributed by atoms with Gasteiger partial charge in [0.05, 0.1) is 10.6 Å². The Balaban J connectivity index is 2.42. The Hall–Kier alpha value is -1.53. The smallest absolute Gasteiger partial charge is 0.282 e. The third-order valence-electron chi connectivity index (χ3n) is 2.50. The average Bonchev–Trinajstić information content (AvgIpc) is 2.33. The molecule has 0 saturated carbocycles. The molecule has 98 valence electrons. The van der Waals surface area contributed by atoms with Gasteiger partial charge in [0.15, 0.2) is 5.78 Å². The Morgan fingerprint density at radius 3 is 2.32 bits per heavy atom. The lowest BCUT2D eigenvalue weighted by molar-refractivity contribution is -0.110. The number of halogens is 1. The first kappa shape index (κ1) is 13.9. The number of sulfonamides is 1. The average molecular weight is 340 g/mol. The molecule has 19 heavy (non-hydrogen) atoms. The van der Waals surface area contributed by atoms with E-state index in [9.17, 15) is 13.2 Å². The zero-order chi connectivity index (χ0) is 14.0. The molecule has 0 aliphatic heterocycles. The molecule has 0 aromatic heterocycles. The van der Waals surface area contributed by atoms with Crippen molar-refractivity contribution in [1.82, 2.24) is 0 Å². The molecule has 1 aliphatic rings. The first-order valence-corrected chi connectivity index (χ1v) is 7.63. The van der Waals surface area contributed by atoms with Crippen LogP contribution in [0.25, 0.3) is 0 Å². The van der Waals surface area contributed by atoms with E-state index in [-0.39, 0.29) is 16.4 Å². The van der Waals surface area contributed by atoms with Gasteiger partial charge in [0.25, 0.3) is 10.0 Å². The number of allylic oxidation sites excluding steroid dienone is 4. The Labute approximate surface area is 119 Å². The molecule has 0 heterocycles. The summed E-state index contributed by atoms with van der Waals surface area (Å²) < 4.78 is 28.7. The Kier molecular flexibility index (Phi) is 3.82. The summed E-state index contributed by atoms with van der Waals surface area (Å²) >= 11 is 3.24. The van der Waals surface area contributed by atoms with Gasteiger partial charge >= 0.3 is 0 Å². The molecule has 1 aromatic rings. The van der Waals surface area contributed by atoms with Gasteiger partial charge in [-0.05, 0) is 55.0 Å². The standard InChI is InChI=1S/C13H10BrNO3S/c1-9-8-11(16)4-7-13(9)15-19(17,18)12-5-2-10(14)3-6-12/h2-8H,1H3. The van der Waals surface area contributed by atoms with Gasteiger partial charge in [-0.3, -0.25) is 4.79 Å². The van der Waals surface area contributed by atoms with Crippen molar-refractivity contribution in [3.8, 4) is 0 Å². The molecular weight excluding hydrogens is 330 g/mol. The van der Waals surface area contributed by atoms with Gasteiger partial charge in [-0.25, -0.2) is 0 Å². The lowest BCUT2D eigenvalue weighted by Gasteiger charge is -2.06. The van der Waals surface area contributed by atoms with Gasteiger partial charge < -0.3 is 0 Å². The molecule has 0 fully saturated rings. The number of rotatable bonds is 2. The van der Waals surface area contributed by atoms with Crippen LogP contribution < -0.4 is 0 Å². The minimum Gasteiger partial charge on any atom is -0.290 e. The molecule has 1 aliphatic carbocycles. The summed E-state index contributed by atoms with van der Waals surface area (Å²) in [6.45, 7) is 1.65. The van der Waals surface area contributed by atoms with E-state index in [1.807, 2.05) is 0 Å². The van der Waals surface area contributed by atoms with Crippen molar-refractivity contribution in [2.45, 2.75) is 11.8 Å². The highest BCUT2D eigenvalue weighted by Gasteiger charge is 2.16. The molecule has 0 saturated heterocycles. The molecule has 1 aromatic carbocycles. The van der Waals surface area contributed by atoms with E-state index < -0.39 is 10.0 Å². The van der Waals surface area contributed by atoms with Crippen molar-refractivity contribution in [3.05, 3.63) is 52.5 Å². The normalized spacial score (nSPS) is 17.7. The zero-order valence-corrected chi connectivity index (χ0v) is 12.4. The number of carbonyl (C=O) groups excluding carboxylic acids is 1. The van der Waals surface area contributed by atoms with Crippen LogP contribution in [0.1, 0.15) is 6.92 Å². The highest BCUT2D eigenvalue weighted by Crippen LogP contribution is 2.18. The minimum atomic E-state index is -3.76. The molecular formula is C13H10BrNO3S. The largest absolute Gasteiger partial charge is 0.290 e. The van der Waals surface area contributed by atoms with Gasteiger partial charge in [-0.2, -0.15) is 12.8 Å². The molecule has 4 nitrogen and oxygen atoms in total. The van der Waals surface area contributed by atoms with Crippen LogP contribution in [-0.2, 0) is 14.8 Å². The van der Waals surface area contributed by atoms with Crippen LogP contribution in [0.3, 0.4) is 0 Å². The van der Waals surface area contributed by atoms with Gasteiger partial charge in [0, 0.05) is 4.47 Å². The first-order valence-electron chi connectivity index (χ1n) is 5.40. The van der Waals surface area contributed by atoms with Crippen LogP contribution in [0.15, 0.2) is 61.8 Å². The molecule has 0 atom stereocenters. The van der Waals surface area contributed by atoms with E-state index in [4.69, 9.17) is 0 Å². The monoisotopic (exact) mass is 339 g/mol. The van der Waals surface area contributed by atoms with E-state index in [0.29, 0.717) is 5.57 Å². The lowest BCUT2D eigenvalue weighted by atomic mass is 10.1. The maximum atomic E-state index is 12.1. The molecule has 0 bridgehead atoms. The van der Waals surface area contributed by atoms with E-state index in [0.717, 1.165) is 4.47 Å². The second-order valence-electron chi connectivity index (χ2n) is 3.97. The molecule has 0 spiro atoms. The van der Waals surface area contributed by atoms with Gasteiger partial charge in [-0.15, -0.1) is 0 Å². The maximum Gasteiger partial charge on any atom is 0.282 e. The Morgan fingerprint density at radius 2 is 1.74 bits per heavy atom. The Bertz CT molecular complexity index is 713. The molecule has 6 heteroatoms. The van der Waals surface area contributed by atoms with Gasteiger partial charge in [-0.1, -0.05) is 15.9 Å². The molecule has 0 amide bonds. The van der Waals surface area contributed by atoms with Gasteiger partial charge in [0.2, 0.25) is 0 Å². The zero-order valence-electron chi connectivity index (χ0n) is 10.00. The van der Waals surface area contributed by atoms with Crippen molar-refractivity contribution in [2.24, 2.45) is 4.40 Å². The fraction of sp³-hybridized carbons (Fsp3) is 0.0769. The second kappa shape index (κ2) is 5.22. The number of hydrogen-bond donors (Lipinski definition) is 0. The quantitative estimate of drug-likeness (QED) is 0.778. The van der Waals surface area contributed by atoms with E-state index >= 15 is 0 Å². The Morgan fingerprint density at radius 1 is 1.11 bits per heavy atom. The second-order valence-corrected chi connectivity index (χ2v) is 6.49. The van der Waals surface area contributed by atoms with Crippen LogP contribution >= 0.6 is 15.9 Å². The number of carbonyl (C=O) groups is 1. The molecule has 2 rings (SSSR count). The van der Waals surface area contributed by atoms with E-state index in [1.54, 1.807) is 19.1 Å². The van der Waals surface area contributed by atoms with Crippen LogP contribution in [-0.4, -0.2) is 19.9 Å². The predicted octanol–water partition coefficient (Wildman–Crippen LogP) is 2.66. The highest BCUT2D eigenvalue weighted by atomic mass is 79.9. The first-order chi connectivity index (χ1) is 8.88. The van der Waals surface area contributed by atoms with E-state index in [2.05, 4.69) is 20.3 Å². The summed E-state index contributed by atoms with van der Waals surface area (Å²) in [5.41, 5.74) is 0.815. The number of hydrogen-bond acceptors (Lipinski definition) is 3. The van der Waals surface area contributed by atoms with Crippen LogP contribution in [0.4, 0.5) is 0 Å². The number of benzene rings is 1.